The van der Waals surface area contributed by atoms with Crippen molar-refractivity contribution in [1.29, 1.82) is 0 Å². The first kappa shape index (κ1) is 13.6. The molecule has 0 fully saturated rings. The average Bonchev–Trinajstić information content (AvgIpc) is 2.78. The number of benzene rings is 2. The Kier molecular flexibility index (Phi) is 2.81. The van der Waals surface area contributed by atoms with Crippen molar-refractivity contribution in [1.82, 2.24) is 4.98 Å². The van der Waals surface area contributed by atoms with Crippen LogP contribution in [0.15, 0.2) is 48.5 Å². The second-order valence-corrected chi connectivity index (χ2v) is 5.87. The van der Waals surface area contributed by atoms with Crippen molar-refractivity contribution in [2.24, 2.45) is 0 Å². The van der Waals surface area contributed by atoms with Gasteiger partial charge in [-0.1, -0.05) is 35.9 Å². The molecule has 0 amide bonds. The molecule has 0 radical (unpaired) electrons. The van der Waals surface area contributed by atoms with E-state index in [0.717, 1.165) is 10.9 Å². The van der Waals surface area contributed by atoms with Crippen LogP contribution in [0.1, 0.15) is 37.9 Å². The average molecular weight is 302 g/mol. The normalized spacial score (nSPS) is 16.8. The van der Waals surface area contributed by atoms with E-state index in [0.29, 0.717) is 28.0 Å². The summed E-state index contributed by atoms with van der Waals surface area (Å²) < 4.78 is 0. The maximum absolute atomic E-state index is 12.7. The number of nitrogens with zero attached hydrogens (tertiary/aromatic N) is 1. The Morgan fingerprint density at radius 3 is 2.57 bits per heavy atom. The van der Waals surface area contributed by atoms with Gasteiger partial charge in [0.25, 0.3) is 0 Å². The highest BCUT2D eigenvalue weighted by Gasteiger charge is 2.40. The van der Waals surface area contributed by atoms with E-state index in [4.69, 9.17) is 5.73 Å². The molecule has 1 aliphatic rings. The van der Waals surface area contributed by atoms with Crippen molar-refractivity contribution in [3.63, 3.8) is 0 Å². The molecule has 112 valence electrons. The van der Waals surface area contributed by atoms with Gasteiger partial charge in [-0.25, -0.2) is 4.98 Å². The van der Waals surface area contributed by atoms with Crippen LogP contribution in [0.3, 0.4) is 0 Å². The predicted octanol–water partition coefficient (Wildman–Crippen LogP) is 3.29. The van der Waals surface area contributed by atoms with Crippen LogP contribution in [0, 0.1) is 6.92 Å². The van der Waals surface area contributed by atoms with Gasteiger partial charge in [-0.2, -0.15) is 0 Å². The Balaban J connectivity index is 1.87. The second kappa shape index (κ2) is 4.74. The largest absolute Gasteiger partial charge is 0.397 e. The number of aromatic nitrogens is 1. The third-order valence-corrected chi connectivity index (χ3v) is 4.30. The molecule has 0 aliphatic heterocycles. The summed E-state index contributed by atoms with van der Waals surface area (Å²) in [6, 6.07) is 14.4. The number of nitrogens with two attached hydrogens (primary N) is 1. The highest BCUT2D eigenvalue weighted by molar-refractivity contribution is 6.29. The highest BCUT2D eigenvalue weighted by Crippen LogP contribution is 2.34. The van der Waals surface area contributed by atoms with Gasteiger partial charge < -0.3 is 5.73 Å². The molecule has 3 aromatic rings. The van der Waals surface area contributed by atoms with Gasteiger partial charge in [-0.15, -0.1) is 0 Å². The molecule has 4 rings (SSSR count). The van der Waals surface area contributed by atoms with Gasteiger partial charge in [-0.05, 0) is 25.1 Å². The van der Waals surface area contributed by atoms with E-state index < -0.39 is 5.92 Å². The molecule has 2 N–H and O–H groups in total. The number of ketones is 2. The second-order valence-electron chi connectivity index (χ2n) is 5.87. The molecule has 0 saturated carbocycles. The third-order valence-electron chi connectivity index (χ3n) is 4.30. The lowest BCUT2D eigenvalue weighted by Gasteiger charge is -2.09. The van der Waals surface area contributed by atoms with E-state index in [1.54, 1.807) is 24.3 Å². The zero-order chi connectivity index (χ0) is 16.1. The fourth-order valence-electron chi connectivity index (χ4n) is 3.12. The Bertz CT molecular complexity index is 992. The summed E-state index contributed by atoms with van der Waals surface area (Å²) >= 11 is 0. The fraction of sp³-hybridized carbons (Fsp3) is 0.105. The molecule has 1 aromatic heterocycles. The molecule has 1 aliphatic carbocycles. The Labute approximate surface area is 133 Å². The molecular formula is C19H14N2O2. The minimum absolute atomic E-state index is 0.185. The van der Waals surface area contributed by atoms with Crippen LogP contribution >= 0.6 is 0 Å². The number of rotatable bonds is 1. The topological polar surface area (TPSA) is 73.1 Å². The number of fused-ring (bicyclic) bond motifs is 2. The van der Waals surface area contributed by atoms with Gasteiger partial charge >= 0.3 is 0 Å². The number of anilines is 1. The number of aryl methyl sites for hydroxylation is 1. The van der Waals surface area contributed by atoms with Crippen LogP contribution in [0.4, 0.5) is 5.69 Å². The van der Waals surface area contributed by atoms with Crippen molar-refractivity contribution in [2.45, 2.75) is 12.8 Å². The van der Waals surface area contributed by atoms with Crippen LogP contribution in [0.25, 0.3) is 10.9 Å². The maximum atomic E-state index is 12.7. The van der Waals surface area contributed by atoms with Gasteiger partial charge in [0.15, 0.2) is 11.6 Å². The first-order valence-corrected chi connectivity index (χ1v) is 7.40. The van der Waals surface area contributed by atoms with E-state index in [1.165, 1.54) is 0 Å². The van der Waals surface area contributed by atoms with E-state index in [9.17, 15) is 9.59 Å². The summed E-state index contributed by atoms with van der Waals surface area (Å²) in [6.45, 7) is 1.90. The first-order chi connectivity index (χ1) is 11.1. The van der Waals surface area contributed by atoms with Crippen molar-refractivity contribution >= 4 is 28.2 Å². The van der Waals surface area contributed by atoms with E-state index in [2.05, 4.69) is 4.98 Å². The Hall–Kier alpha value is -3.01. The van der Waals surface area contributed by atoms with Crippen LogP contribution in [-0.4, -0.2) is 16.6 Å². The monoisotopic (exact) mass is 302 g/mol. The number of nitrogen functional groups attached to an aromatic ring is 1. The van der Waals surface area contributed by atoms with Crippen molar-refractivity contribution < 1.29 is 9.59 Å². The summed E-state index contributed by atoms with van der Waals surface area (Å²) in [7, 11) is 0. The van der Waals surface area contributed by atoms with Crippen LogP contribution in [0.5, 0.6) is 0 Å². The smallest absolute Gasteiger partial charge is 0.180 e. The predicted molar refractivity (Wildman–Crippen MR) is 88.7 cm³/mol. The lowest BCUT2D eigenvalue weighted by atomic mass is 9.98. The van der Waals surface area contributed by atoms with Gasteiger partial charge in [0.1, 0.15) is 5.92 Å². The SMILES string of the molecule is Cc1ccc2c(c1)C(=O)C(c1ccc3cccc(N)c3n1)C2=O. The minimum Gasteiger partial charge on any atom is -0.397 e. The fourth-order valence-corrected chi connectivity index (χ4v) is 3.12. The van der Waals surface area contributed by atoms with Crippen molar-refractivity contribution in [3.8, 4) is 0 Å². The quantitative estimate of drug-likeness (QED) is 0.553. The summed E-state index contributed by atoms with van der Waals surface area (Å²) in [5.74, 6) is -1.24. The standard InChI is InChI=1S/C19H14N2O2/c1-10-5-7-12-13(9-10)19(23)16(18(12)22)15-8-6-11-3-2-4-14(20)17(11)21-15/h2-9,16H,20H2,1H3. The Morgan fingerprint density at radius 1 is 0.957 bits per heavy atom. The molecule has 23 heavy (non-hydrogen) atoms. The number of carbonyl (C=O) groups is 2. The summed E-state index contributed by atoms with van der Waals surface area (Å²) in [5.41, 5.74) is 9.51. The molecule has 1 heterocycles. The van der Waals surface area contributed by atoms with E-state index in [-0.39, 0.29) is 11.6 Å². The third kappa shape index (κ3) is 1.95. The summed E-state index contributed by atoms with van der Waals surface area (Å²) in [6.07, 6.45) is 0. The number of hydrogen-bond donors (Lipinski definition) is 1. The minimum atomic E-state index is -0.865. The van der Waals surface area contributed by atoms with Crippen LogP contribution in [0.2, 0.25) is 0 Å². The van der Waals surface area contributed by atoms with Gasteiger partial charge in [0.2, 0.25) is 0 Å². The molecule has 0 bridgehead atoms. The molecule has 2 aromatic carbocycles. The Morgan fingerprint density at radius 2 is 1.74 bits per heavy atom. The maximum Gasteiger partial charge on any atom is 0.180 e. The zero-order valence-corrected chi connectivity index (χ0v) is 12.5. The molecule has 0 saturated heterocycles. The summed E-state index contributed by atoms with van der Waals surface area (Å²) in [4.78, 5) is 29.8. The lowest BCUT2D eigenvalue weighted by molar-refractivity contribution is 0.0888. The van der Waals surface area contributed by atoms with Gasteiger partial charge in [-0.3, -0.25) is 9.59 Å². The lowest BCUT2D eigenvalue weighted by Crippen LogP contribution is -2.14. The van der Waals surface area contributed by atoms with E-state index in [1.807, 2.05) is 31.2 Å². The number of pyridine rings is 1. The van der Waals surface area contributed by atoms with E-state index >= 15 is 0 Å². The van der Waals surface area contributed by atoms with Crippen LogP contribution in [-0.2, 0) is 0 Å². The molecule has 4 nitrogen and oxygen atoms in total. The number of Topliss-reactive ketones (excluding diaryl/α,β-unsaturated/α-hetero) is 2. The zero-order valence-electron chi connectivity index (χ0n) is 12.5. The summed E-state index contributed by atoms with van der Waals surface area (Å²) in [5, 5.41) is 0.889. The molecule has 4 heteroatoms. The van der Waals surface area contributed by atoms with Gasteiger partial charge in [0.05, 0.1) is 16.9 Å². The van der Waals surface area contributed by atoms with Crippen molar-refractivity contribution in [3.05, 3.63) is 70.9 Å². The van der Waals surface area contributed by atoms with Crippen LogP contribution < -0.4 is 5.73 Å². The number of para-hydroxylation sites is 1. The molecule has 1 atom stereocenters. The van der Waals surface area contributed by atoms with Gasteiger partial charge in [0, 0.05) is 16.5 Å². The first-order valence-electron chi connectivity index (χ1n) is 7.40. The molecular weight excluding hydrogens is 288 g/mol. The highest BCUT2D eigenvalue weighted by atomic mass is 16.2. The van der Waals surface area contributed by atoms with Crippen molar-refractivity contribution in [2.75, 3.05) is 5.73 Å². The number of hydrogen-bond acceptors (Lipinski definition) is 4. The molecule has 1 unspecified atom stereocenters. The molecule has 0 spiro atoms. The number of carbonyl (C=O) groups excluding carboxylic acids is 2.